The zero-order valence-corrected chi connectivity index (χ0v) is 12.2. The van der Waals surface area contributed by atoms with E-state index in [9.17, 15) is 14.2 Å². The maximum Gasteiger partial charge on any atom is 0.326 e. The van der Waals surface area contributed by atoms with Crippen molar-refractivity contribution in [3.05, 3.63) is 35.9 Å². The van der Waals surface area contributed by atoms with Crippen LogP contribution in [0.15, 0.2) is 30.3 Å². The van der Waals surface area contributed by atoms with Crippen molar-refractivity contribution in [1.29, 1.82) is 0 Å². The number of carbonyl (C=O) groups is 2. The molecule has 0 radical (unpaired) electrons. The summed E-state index contributed by atoms with van der Waals surface area (Å²) in [7, 11) is -4.15. The van der Waals surface area contributed by atoms with Gasteiger partial charge in [-0.2, -0.15) is 0 Å². The Morgan fingerprint density at radius 2 is 1.81 bits per heavy atom. The molecular formula is C13H18NO6P. The molecule has 0 aromatic heterocycles. The van der Waals surface area contributed by atoms with E-state index < -0.39 is 31.7 Å². The zero-order chi connectivity index (χ0) is 15.9. The number of nitrogens with one attached hydrogen (secondary N) is 1. The number of aliphatic carboxylic acids is 1. The third-order valence-corrected chi connectivity index (χ3v) is 3.68. The Balaban J connectivity index is 2.48. The number of amides is 1. The fraction of sp³-hybridized carbons (Fsp3) is 0.385. The second-order valence-corrected chi connectivity index (χ2v) is 6.43. The Hall–Kier alpha value is -1.69. The minimum Gasteiger partial charge on any atom is -0.480 e. The van der Waals surface area contributed by atoms with Gasteiger partial charge in [0.25, 0.3) is 0 Å². The van der Waals surface area contributed by atoms with Crippen LogP contribution in [0.2, 0.25) is 0 Å². The molecule has 1 amide bonds. The Morgan fingerprint density at radius 3 is 2.33 bits per heavy atom. The molecule has 0 aliphatic carbocycles. The van der Waals surface area contributed by atoms with E-state index in [4.69, 9.17) is 14.9 Å². The van der Waals surface area contributed by atoms with Gasteiger partial charge in [-0.15, -0.1) is 0 Å². The highest BCUT2D eigenvalue weighted by molar-refractivity contribution is 7.51. The first-order valence-corrected chi connectivity index (χ1v) is 8.18. The van der Waals surface area contributed by atoms with Crippen molar-refractivity contribution in [2.24, 2.45) is 0 Å². The van der Waals surface area contributed by atoms with Crippen LogP contribution in [0.1, 0.15) is 18.4 Å². The maximum atomic E-state index is 11.8. The predicted molar refractivity (Wildman–Crippen MR) is 75.9 cm³/mol. The lowest BCUT2D eigenvalue weighted by Gasteiger charge is -2.14. The first kappa shape index (κ1) is 17.4. The van der Waals surface area contributed by atoms with Gasteiger partial charge in [-0.1, -0.05) is 30.3 Å². The Kier molecular flexibility index (Phi) is 6.55. The van der Waals surface area contributed by atoms with Crippen LogP contribution in [-0.4, -0.2) is 39.0 Å². The summed E-state index contributed by atoms with van der Waals surface area (Å²) in [6.45, 7) is 0. The fourth-order valence-electron chi connectivity index (χ4n) is 1.79. The number of rotatable bonds is 8. The van der Waals surface area contributed by atoms with E-state index in [0.29, 0.717) is 0 Å². The molecule has 0 aliphatic heterocycles. The van der Waals surface area contributed by atoms with Crippen LogP contribution in [-0.2, 0) is 20.6 Å². The molecule has 21 heavy (non-hydrogen) atoms. The van der Waals surface area contributed by atoms with E-state index in [1.165, 1.54) is 0 Å². The SMILES string of the molecule is O=C(Cc1ccccc1)N[C@@H](CCCP(=O)(O)O)C(=O)O. The maximum absolute atomic E-state index is 11.8. The van der Waals surface area contributed by atoms with Crippen molar-refractivity contribution in [3.8, 4) is 0 Å². The summed E-state index contributed by atoms with van der Waals surface area (Å²) in [6.07, 6.45) is -0.345. The van der Waals surface area contributed by atoms with Crippen LogP contribution in [0.25, 0.3) is 0 Å². The molecule has 0 spiro atoms. The summed E-state index contributed by atoms with van der Waals surface area (Å²) >= 11 is 0. The van der Waals surface area contributed by atoms with E-state index in [1.54, 1.807) is 24.3 Å². The number of carbonyl (C=O) groups excluding carboxylic acids is 1. The summed E-state index contributed by atoms with van der Waals surface area (Å²) in [5.41, 5.74) is 0.759. The molecule has 116 valence electrons. The van der Waals surface area contributed by atoms with Crippen molar-refractivity contribution in [3.63, 3.8) is 0 Å². The normalized spacial score (nSPS) is 12.7. The van der Waals surface area contributed by atoms with E-state index in [1.807, 2.05) is 6.07 Å². The fourth-order valence-corrected chi connectivity index (χ4v) is 2.38. The molecule has 1 aromatic carbocycles. The molecule has 0 aliphatic rings. The molecule has 0 fully saturated rings. The molecule has 4 N–H and O–H groups in total. The quantitative estimate of drug-likeness (QED) is 0.525. The standard InChI is InChI=1S/C13H18NO6P/c15-12(9-10-5-2-1-3-6-10)14-11(13(16)17)7-4-8-21(18,19)20/h1-3,5-6,11H,4,7-9H2,(H,14,15)(H,16,17)(H2,18,19,20)/t11-/m0/s1. The average Bonchev–Trinajstić information content (AvgIpc) is 2.37. The van der Waals surface area contributed by atoms with Crippen molar-refractivity contribution in [2.45, 2.75) is 25.3 Å². The van der Waals surface area contributed by atoms with E-state index >= 15 is 0 Å². The molecule has 7 nitrogen and oxygen atoms in total. The molecule has 0 unspecified atom stereocenters. The summed E-state index contributed by atoms with van der Waals surface area (Å²) in [6, 6.07) is 7.72. The van der Waals surface area contributed by atoms with Gasteiger partial charge in [-0.3, -0.25) is 9.36 Å². The molecule has 1 atom stereocenters. The number of hydrogen-bond donors (Lipinski definition) is 4. The molecule has 8 heteroatoms. The third kappa shape index (κ3) is 7.60. The van der Waals surface area contributed by atoms with E-state index in [2.05, 4.69) is 5.32 Å². The lowest BCUT2D eigenvalue weighted by Crippen LogP contribution is -2.41. The van der Waals surface area contributed by atoms with Crippen LogP contribution < -0.4 is 5.32 Å². The smallest absolute Gasteiger partial charge is 0.326 e. The van der Waals surface area contributed by atoms with Gasteiger partial charge in [0.1, 0.15) is 6.04 Å². The number of hydrogen-bond acceptors (Lipinski definition) is 3. The molecule has 1 rings (SSSR count). The molecule has 1 aromatic rings. The monoisotopic (exact) mass is 315 g/mol. The van der Waals surface area contributed by atoms with Crippen LogP contribution >= 0.6 is 7.60 Å². The van der Waals surface area contributed by atoms with Crippen molar-refractivity contribution < 1.29 is 29.0 Å². The van der Waals surface area contributed by atoms with E-state index in [0.717, 1.165) is 5.56 Å². The van der Waals surface area contributed by atoms with Gasteiger partial charge < -0.3 is 20.2 Å². The third-order valence-electron chi connectivity index (χ3n) is 2.78. The highest BCUT2D eigenvalue weighted by atomic mass is 31.2. The highest BCUT2D eigenvalue weighted by Crippen LogP contribution is 2.35. The van der Waals surface area contributed by atoms with Gasteiger partial charge in [0.2, 0.25) is 5.91 Å². The molecule has 0 saturated carbocycles. The first-order valence-electron chi connectivity index (χ1n) is 6.38. The van der Waals surface area contributed by atoms with Gasteiger partial charge in [0.15, 0.2) is 0 Å². The van der Waals surface area contributed by atoms with Crippen LogP contribution in [0.3, 0.4) is 0 Å². The number of carboxylic acids is 1. The van der Waals surface area contributed by atoms with E-state index in [-0.39, 0.29) is 19.3 Å². The minimum atomic E-state index is -4.15. The molecule has 0 saturated heterocycles. The first-order chi connectivity index (χ1) is 9.78. The van der Waals surface area contributed by atoms with Crippen LogP contribution in [0.4, 0.5) is 0 Å². The minimum absolute atomic E-state index is 0.0207. The summed E-state index contributed by atoms with van der Waals surface area (Å²) in [5.74, 6) is -1.66. The predicted octanol–water partition coefficient (Wildman–Crippen LogP) is 0.756. The molecular weight excluding hydrogens is 297 g/mol. The molecule has 0 bridgehead atoms. The average molecular weight is 315 g/mol. The van der Waals surface area contributed by atoms with Gasteiger partial charge in [0, 0.05) is 6.16 Å². The van der Waals surface area contributed by atoms with Crippen molar-refractivity contribution in [2.75, 3.05) is 6.16 Å². The summed E-state index contributed by atoms with van der Waals surface area (Å²) in [5, 5.41) is 11.4. The Labute approximate surface area is 122 Å². The van der Waals surface area contributed by atoms with Crippen molar-refractivity contribution in [1.82, 2.24) is 5.32 Å². The highest BCUT2D eigenvalue weighted by Gasteiger charge is 2.21. The topological polar surface area (TPSA) is 124 Å². The second kappa shape index (κ2) is 7.93. The van der Waals surface area contributed by atoms with Crippen molar-refractivity contribution >= 4 is 19.5 Å². The second-order valence-electron chi connectivity index (χ2n) is 4.65. The Bertz CT molecular complexity index is 527. The van der Waals surface area contributed by atoms with Gasteiger partial charge in [-0.25, -0.2) is 4.79 Å². The lowest BCUT2D eigenvalue weighted by molar-refractivity contribution is -0.141. The lowest BCUT2D eigenvalue weighted by atomic mass is 10.1. The van der Waals surface area contributed by atoms with Gasteiger partial charge in [0.05, 0.1) is 6.42 Å². The summed E-state index contributed by atoms with van der Waals surface area (Å²) < 4.78 is 10.7. The van der Waals surface area contributed by atoms with Crippen LogP contribution in [0, 0.1) is 0 Å². The zero-order valence-electron chi connectivity index (χ0n) is 11.3. The van der Waals surface area contributed by atoms with Gasteiger partial charge >= 0.3 is 13.6 Å². The van der Waals surface area contributed by atoms with Crippen LogP contribution in [0.5, 0.6) is 0 Å². The number of benzene rings is 1. The Morgan fingerprint density at radius 1 is 1.19 bits per heavy atom. The summed E-state index contributed by atoms with van der Waals surface area (Å²) in [4.78, 5) is 40.2. The largest absolute Gasteiger partial charge is 0.480 e. The molecule has 0 heterocycles. The number of carboxylic acid groups (broad SMARTS) is 1. The van der Waals surface area contributed by atoms with Gasteiger partial charge in [-0.05, 0) is 18.4 Å².